The van der Waals surface area contributed by atoms with Crippen molar-refractivity contribution in [2.24, 2.45) is 0 Å². The zero-order valence-corrected chi connectivity index (χ0v) is 7.27. The summed E-state index contributed by atoms with van der Waals surface area (Å²) in [6.07, 6.45) is -0.0663. The van der Waals surface area contributed by atoms with Crippen molar-refractivity contribution in [2.75, 3.05) is 19.7 Å². The Labute approximate surface area is 76.5 Å². The van der Waals surface area contributed by atoms with Crippen molar-refractivity contribution in [3.63, 3.8) is 0 Å². The molecule has 0 aromatic carbocycles. The van der Waals surface area contributed by atoms with E-state index in [0.717, 1.165) is 0 Å². The Bertz CT molecular complexity index is 224. The lowest BCUT2D eigenvalue weighted by Crippen LogP contribution is -2.31. The molecule has 1 fully saturated rings. The topological polar surface area (TPSA) is 73.6 Å². The number of hydrogen-bond acceptors (Lipinski definition) is 3. The second-order valence-electron chi connectivity index (χ2n) is 2.91. The Hall–Kier alpha value is -1.28. The van der Waals surface area contributed by atoms with E-state index in [1.807, 2.05) is 6.07 Å². The van der Waals surface area contributed by atoms with Crippen LogP contribution in [-0.4, -0.2) is 41.9 Å². The molecule has 0 saturated carbocycles. The number of carboxylic acid groups (broad SMARTS) is 1. The maximum Gasteiger partial charge on any atom is 0.407 e. The van der Waals surface area contributed by atoms with E-state index in [9.17, 15) is 4.79 Å². The van der Waals surface area contributed by atoms with Gasteiger partial charge in [-0.15, -0.1) is 0 Å². The van der Waals surface area contributed by atoms with E-state index in [0.29, 0.717) is 32.5 Å². The van der Waals surface area contributed by atoms with Crippen LogP contribution in [0.4, 0.5) is 4.79 Å². The van der Waals surface area contributed by atoms with Crippen molar-refractivity contribution in [1.29, 1.82) is 5.26 Å². The predicted octanol–water partition coefficient (Wildman–Crippen LogP) is 0.669. The van der Waals surface area contributed by atoms with Crippen LogP contribution in [0.25, 0.3) is 0 Å². The monoisotopic (exact) mass is 184 g/mol. The average Bonchev–Trinajstić information content (AvgIpc) is 2.30. The molecule has 1 rings (SSSR count). The van der Waals surface area contributed by atoms with Crippen molar-refractivity contribution in [2.45, 2.75) is 18.9 Å². The van der Waals surface area contributed by atoms with Gasteiger partial charge in [0.05, 0.1) is 25.2 Å². The third-order valence-electron chi connectivity index (χ3n) is 2.03. The van der Waals surface area contributed by atoms with Gasteiger partial charge < -0.3 is 14.7 Å². The van der Waals surface area contributed by atoms with Crippen LogP contribution < -0.4 is 0 Å². The normalized spacial score (nSPS) is 23.3. The Balaban J connectivity index is 2.40. The number of rotatable bonds is 1. The van der Waals surface area contributed by atoms with Crippen molar-refractivity contribution in [1.82, 2.24) is 4.90 Å². The van der Waals surface area contributed by atoms with Gasteiger partial charge in [0, 0.05) is 13.1 Å². The summed E-state index contributed by atoms with van der Waals surface area (Å²) in [7, 11) is 0. The smallest absolute Gasteiger partial charge is 0.407 e. The lowest BCUT2D eigenvalue weighted by atomic mass is 10.2. The summed E-state index contributed by atoms with van der Waals surface area (Å²) in [6.45, 7) is 1.25. The molecule has 1 aliphatic heterocycles. The highest BCUT2D eigenvalue weighted by Gasteiger charge is 2.19. The van der Waals surface area contributed by atoms with Crippen LogP contribution in [0.5, 0.6) is 0 Å². The van der Waals surface area contributed by atoms with Crippen molar-refractivity contribution in [3.8, 4) is 6.07 Å². The second kappa shape index (κ2) is 4.67. The Morgan fingerprint density at radius 1 is 1.69 bits per heavy atom. The van der Waals surface area contributed by atoms with Crippen molar-refractivity contribution in [3.05, 3.63) is 0 Å². The summed E-state index contributed by atoms with van der Waals surface area (Å²) in [5.41, 5.74) is 0. The molecule has 0 bridgehead atoms. The van der Waals surface area contributed by atoms with E-state index < -0.39 is 6.09 Å². The van der Waals surface area contributed by atoms with Crippen LogP contribution in [0.1, 0.15) is 12.8 Å². The first-order chi connectivity index (χ1) is 6.24. The standard InChI is InChI=1S/C8H12N2O3/c9-3-1-7-2-4-10(8(11)12)5-6-13-7/h7H,1-2,4-6H2,(H,11,12). The van der Waals surface area contributed by atoms with E-state index in [4.69, 9.17) is 15.1 Å². The van der Waals surface area contributed by atoms with Crippen LogP contribution in [-0.2, 0) is 4.74 Å². The summed E-state index contributed by atoms with van der Waals surface area (Å²) < 4.78 is 5.30. The molecular weight excluding hydrogens is 172 g/mol. The molecular formula is C8H12N2O3. The van der Waals surface area contributed by atoms with Crippen LogP contribution in [0, 0.1) is 11.3 Å². The summed E-state index contributed by atoms with van der Waals surface area (Å²) in [5, 5.41) is 17.1. The second-order valence-corrected chi connectivity index (χ2v) is 2.91. The molecule has 0 radical (unpaired) electrons. The number of hydrogen-bond donors (Lipinski definition) is 1. The van der Waals surface area contributed by atoms with Crippen LogP contribution in [0.15, 0.2) is 0 Å². The summed E-state index contributed by atoms with van der Waals surface area (Å²) >= 11 is 0. The van der Waals surface area contributed by atoms with Gasteiger partial charge in [-0.05, 0) is 6.42 Å². The number of ether oxygens (including phenoxy) is 1. The quantitative estimate of drug-likeness (QED) is 0.650. The van der Waals surface area contributed by atoms with Gasteiger partial charge in [0.25, 0.3) is 0 Å². The Morgan fingerprint density at radius 3 is 3.08 bits per heavy atom. The summed E-state index contributed by atoms with van der Waals surface area (Å²) in [4.78, 5) is 11.9. The highest BCUT2D eigenvalue weighted by Crippen LogP contribution is 2.09. The zero-order chi connectivity index (χ0) is 9.68. The van der Waals surface area contributed by atoms with Crippen molar-refractivity contribution >= 4 is 6.09 Å². The highest BCUT2D eigenvalue weighted by molar-refractivity contribution is 5.64. The molecule has 1 aliphatic rings. The van der Waals surface area contributed by atoms with Gasteiger partial charge in [-0.25, -0.2) is 4.79 Å². The van der Waals surface area contributed by atoms with Crippen LogP contribution >= 0.6 is 0 Å². The minimum Gasteiger partial charge on any atom is -0.465 e. The van der Waals surface area contributed by atoms with E-state index in [1.54, 1.807) is 0 Å². The molecule has 13 heavy (non-hydrogen) atoms. The third-order valence-corrected chi connectivity index (χ3v) is 2.03. The molecule has 0 aromatic heterocycles. The number of carbonyl (C=O) groups is 1. The number of nitrogens with zero attached hydrogens (tertiary/aromatic N) is 2. The van der Waals surface area contributed by atoms with Gasteiger partial charge in [0.15, 0.2) is 0 Å². The van der Waals surface area contributed by atoms with Crippen LogP contribution in [0.2, 0.25) is 0 Å². The maximum absolute atomic E-state index is 10.6. The largest absolute Gasteiger partial charge is 0.465 e. The average molecular weight is 184 g/mol. The molecule has 1 heterocycles. The first-order valence-electron chi connectivity index (χ1n) is 4.20. The Morgan fingerprint density at radius 2 is 2.46 bits per heavy atom. The molecule has 5 heteroatoms. The molecule has 5 nitrogen and oxygen atoms in total. The van der Waals surface area contributed by atoms with Gasteiger partial charge in [-0.3, -0.25) is 0 Å². The molecule has 1 saturated heterocycles. The van der Waals surface area contributed by atoms with E-state index in [2.05, 4.69) is 0 Å². The zero-order valence-electron chi connectivity index (χ0n) is 7.27. The van der Waals surface area contributed by atoms with E-state index >= 15 is 0 Å². The molecule has 0 spiro atoms. The van der Waals surface area contributed by atoms with Gasteiger partial charge in [0.1, 0.15) is 0 Å². The molecule has 72 valence electrons. The molecule has 0 aromatic rings. The molecule has 1 N–H and O–H groups in total. The van der Waals surface area contributed by atoms with Gasteiger partial charge in [-0.2, -0.15) is 5.26 Å². The van der Waals surface area contributed by atoms with Gasteiger partial charge in [0.2, 0.25) is 0 Å². The number of nitriles is 1. The highest BCUT2D eigenvalue weighted by atomic mass is 16.5. The lowest BCUT2D eigenvalue weighted by Gasteiger charge is -2.14. The fourth-order valence-corrected chi connectivity index (χ4v) is 1.28. The minimum absolute atomic E-state index is 0.102. The minimum atomic E-state index is -0.916. The molecule has 1 atom stereocenters. The maximum atomic E-state index is 10.6. The molecule has 1 unspecified atom stereocenters. The first-order valence-corrected chi connectivity index (χ1v) is 4.20. The van der Waals surface area contributed by atoms with E-state index in [1.165, 1.54) is 4.90 Å². The molecule has 1 amide bonds. The van der Waals surface area contributed by atoms with Crippen LogP contribution in [0.3, 0.4) is 0 Å². The fraction of sp³-hybridized carbons (Fsp3) is 0.750. The fourth-order valence-electron chi connectivity index (χ4n) is 1.28. The summed E-state index contributed by atoms with van der Waals surface area (Å²) in [5.74, 6) is 0. The van der Waals surface area contributed by atoms with Gasteiger partial charge in [-0.1, -0.05) is 0 Å². The third kappa shape index (κ3) is 2.92. The van der Waals surface area contributed by atoms with E-state index in [-0.39, 0.29) is 6.10 Å². The summed E-state index contributed by atoms with van der Waals surface area (Å²) in [6, 6.07) is 2.02. The first kappa shape index (κ1) is 9.81. The predicted molar refractivity (Wildman–Crippen MR) is 44.2 cm³/mol. The van der Waals surface area contributed by atoms with Gasteiger partial charge >= 0.3 is 6.09 Å². The lowest BCUT2D eigenvalue weighted by molar-refractivity contribution is 0.0651. The van der Waals surface area contributed by atoms with Crippen molar-refractivity contribution < 1.29 is 14.6 Å². The Kier molecular flexibility index (Phi) is 3.53. The molecule has 0 aliphatic carbocycles. The number of amides is 1. The SMILES string of the molecule is N#CCC1CCN(C(=O)O)CCO1.